The quantitative estimate of drug-likeness (QED) is 0.486. The first-order valence-corrected chi connectivity index (χ1v) is 4.58. The fourth-order valence-corrected chi connectivity index (χ4v) is 0.877. The number of hydrazone groups is 1. The number of ether oxygens (including phenoxy) is 1. The summed E-state index contributed by atoms with van der Waals surface area (Å²) in [4.78, 5) is 3.66. The molecule has 0 fully saturated rings. The number of alkyl halides is 3. The van der Waals surface area contributed by atoms with Gasteiger partial charge < -0.3 is 10.5 Å². The van der Waals surface area contributed by atoms with Gasteiger partial charge in [-0.25, -0.2) is 0 Å². The normalized spacial score (nSPS) is 11.5. The summed E-state index contributed by atoms with van der Waals surface area (Å²) in [6.45, 7) is 0. The molecule has 1 aromatic heterocycles. The summed E-state index contributed by atoms with van der Waals surface area (Å²) >= 11 is 4.48. The standard InChI is InChI=1S/C8H7F3N4OS/c9-8(10,11)16-6-2-1-5(13-4-6)3-14-15-7(12)17/h1-4H,(H3,12,15,17)/b14-3+. The minimum atomic E-state index is -4.73. The highest BCUT2D eigenvalue weighted by molar-refractivity contribution is 7.80. The molecule has 0 unspecified atom stereocenters. The molecule has 5 nitrogen and oxygen atoms in total. The highest BCUT2D eigenvalue weighted by Gasteiger charge is 2.31. The van der Waals surface area contributed by atoms with Crippen molar-refractivity contribution in [2.75, 3.05) is 0 Å². The van der Waals surface area contributed by atoms with Crippen LogP contribution in [0.1, 0.15) is 5.69 Å². The first-order chi connectivity index (χ1) is 7.87. The predicted octanol–water partition coefficient (Wildman–Crippen LogP) is 1.15. The van der Waals surface area contributed by atoms with Gasteiger partial charge in [0.15, 0.2) is 5.11 Å². The van der Waals surface area contributed by atoms with Gasteiger partial charge in [-0.15, -0.1) is 13.2 Å². The zero-order valence-electron chi connectivity index (χ0n) is 8.23. The van der Waals surface area contributed by atoms with E-state index in [0.29, 0.717) is 5.69 Å². The van der Waals surface area contributed by atoms with E-state index in [2.05, 4.69) is 32.5 Å². The van der Waals surface area contributed by atoms with Gasteiger partial charge in [0.05, 0.1) is 18.1 Å². The minimum Gasteiger partial charge on any atom is -0.404 e. The zero-order valence-corrected chi connectivity index (χ0v) is 9.05. The molecule has 92 valence electrons. The van der Waals surface area contributed by atoms with Crippen LogP contribution < -0.4 is 15.9 Å². The molecular formula is C8H7F3N4OS. The molecule has 17 heavy (non-hydrogen) atoms. The Morgan fingerprint density at radius 3 is 2.71 bits per heavy atom. The SMILES string of the molecule is NC(=S)N/N=C/c1ccc(OC(F)(F)F)cn1. The molecule has 0 aliphatic carbocycles. The molecule has 0 bridgehead atoms. The summed E-state index contributed by atoms with van der Waals surface area (Å²) in [7, 11) is 0. The summed E-state index contributed by atoms with van der Waals surface area (Å²) in [5.41, 5.74) is 7.69. The largest absolute Gasteiger partial charge is 0.573 e. The van der Waals surface area contributed by atoms with Gasteiger partial charge in [-0.2, -0.15) is 5.10 Å². The van der Waals surface area contributed by atoms with E-state index in [4.69, 9.17) is 5.73 Å². The van der Waals surface area contributed by atoms with E-state index < -0.39 is 12.1 Å². The summed E-state index contributed by atoms with van der Waals surface area (Å²) in [6, 6.07) is 2.41. The van der Waals surface area contributed by atoms with Crippen molar-refractivity contribution in [2.45, 2.75) is 6.36 Å². The maximum absolute atomic E-state index is 11.8. The third kappa shape index (κ3) is 5.66. The first kappa shape index (κ1) is 13.2. The molecule has 0 aliphatic heterocycles. The van der Waals surface area contributed by atoms with Crippen molar-refractivity contribution in [1.82, 2.24) is 10.4 Å². The number of nitrogens with two attached hydrogens (primary N) is 1. The van der Waals surface area contributed by atoms with Gasteiger partial charge in [0.2, 0.25) is 0 Å². The number of hydrogen-bond donors (Lipinski definition) is 2. The summed E-state index contributed by atoms with van der Waals surface area (Å²) in [5.74, 6) is -0.406. The highest BCUT2D eigenvalue weighted by atomic mass is 32.1. The van der Waals surface area contributed by atoms with E-state index in [-0.39, 0.29) is 5.11 Å². The molecule has 0 aliphatic rings. The van der Waals surface area contributed by atoms with Crippen LogP contribution in [0.5, 0.6) is 5.75 Å². The molecule has 9 heteroatoms. The van der Waals surface area contributed by atoms with Crippen LogP contribution in [-0.2, 0) is 0 Å². The summed E-state index contributed by atoms with van der Waals surface area (Å²) < 4.78 is 39.1. The van der Waals surface area contributed by atoms with E-state index in [1.165, 1.54) is 12.3 Å². The van der Waals surface area contributed by atoms with Crippen molar-refractivity contribution < 1.29 is 17.9 Å². The van der Waals surface area contributed by atoms with E-state index in [0.717, 1.165) is 12.3 Å². The Hall–Kier alpha value is -1.90. The topological polar surface area (TPSA) is 72.5 Å². The highest BCUT2D eigenvalue weighted by Crippen LogP contribution is 2.21. The average Bonchev–Trinajstić information content (AvgIpc) is 2.18. The van der Waals surface area contributed by atoms with Crippen molar-refractivity contribution in [3.05, 3.63) is 24.0 Å². The Kier molecular flexibility index (Phi) is 4.21. The van der Waals surface area contributed by atoms with E-state index in [1.807, 2.05) is 0 Å². The fourth-order valence-electron chi connectivity index (χ4n) is 0.824. The van der Waals surface area contributed by atoms with Crippen molar-refractivity contribution in [2.24, 2.45) is 10.8 Å². The Morgan fingerprint density at radius 2 is 2.24 bits per heavy atom. The number of halogens is 3. The monoisotopic (exact) mass is 264 g/mol. The molecule has 1 rings (SSSR count). The van der Waals surface area contributed by atoms with Crippen molar-refractivity contribution in [1.29, 1.82) is 0 Å². The van der Waals surface area contributed by atoms with Crippen LogP contribution in [-0.4, -0.2) is 22.7 Å². The second-order valence-electron chi connectivity index (χ2n) is 2.70. The van der Waals surface area contributed by atoms with E-state index >= 15 is 0 Å². The number of pyridine rings is 1. The van der Waals surface area contributed by atoms with E-state index in [9.17, 15) is 13.2 Å². The van der Waals surface area contributed by atoms with Crippen LogP contribution in [0.2, 0.25) is 0 Å². The van der Waals surface area contributed by atoms with Gasteiger partial charge in [0, 0.05) is 0 Å². The van der Waals surface area contributed by atoms with Crippen LogP contribution in [0.4, 0.5) is 13.2 Å². The van der Waals surface area contributed by atoms with Gasteiger partial charge in [-0.05, 0) is 24.4 Å². The number of rotatable bonds is 3. The Bertz CT molecular complexity index is 418. The maximum Gasteiger partial charge on any atom is 0.573 e. The minimum absolute atomic E-state index is 0.0294. The van der Waals surface area contributed by atoms with Crippen LogP contribution in [0, 0.1) is 0 Å². The Labute approximate surface area is 99.5 Å². The maximum atomic E-state index is 11.8. The number of hydrogen-bond acceptors (Lipinski definition) is 4. The van der Waals surface area contributed by atoms with Crippen molar-refractivity contribution >= 4 is 23.5 Å². The molecule has 0 spiro atoms. The van der Waals surface area contributed by atoms with Crippen molar-refractivity contribution in [3.8, 4) is 5.75 Å². The Morgan fingerprint density at radius 1 is 1.53 bits per heavy atom. The predicted molar refractivity (Wildman–Crippen MR) is 58.4 cm³/mol. The van der Waals surface area contributed by atoms with Gasteiger partial charge in [-0.3, -0.25) is 10.4 Å². The molecule has 1 heterocycles. The van der Waals surface area contributed by atoms with Crippen LogP contribution >= 0.6 is 12.2 Å². The lowest BCUT2D eigenvalue weighted by atomic mass is 10.3. The third-order valence-corrected chi connectivity index (χ3v) is 1.46. The van der Waals surface area contributed by atoms with Gasteiger partial charge in [0.1, 0.15) is 5.75 Å². The van der Waals surface area contributed by atoms with Crippen LogP contribution in [0.25, 0.3) is 0 Å². The molecule has 0 saturated heterocycles. The van der Waals surface area contributed by atoms with Crippen LogP contribution in [0.3, 0.4) is 0 Å². The van der Waals surface area contributed by atoms with Gasteiger partial charge >= 0.3 is 6.36 Å². The lowest BCUT2D eigenvalue weighted by Gasteiger charge is -2.07. The average molecular weight is 264 g/mol. The molecule has 1 aromatic rings. The molecule has 0 saturated carbocycles. The number of nitrogens with one attached hydrogen (secondary N) is 1. The third-order valence-electron chi connectivity index (χ3n) is 1.36. The fraction of sp³-hybridized carbons (Fsp3) is 0.125. The molecule has 0 aromatic carbocycles. The number of nitrogens with zero attached hydrogens (tertiary/aromatic N) is 2. The molecule has 0 atom stereocenters. The number of thiocarbonyl (C=S) groups is 1. The summed E-state index contributed by atoms with van der Waals surface area (Å²) in [5, 5.41) is 3.55. The molecule has 0 amide bonds. The van der Waals surface area contributed by atoms with Gasteiger partial charge in [0.25, 0.3) is 0 Å². The second kappa shape index (κ2) is 5.43. The summed E-state index contributed by atoms with van der Waals surface area (Å²) in [6.07, 6.45) is -2.56. The lowest BCUT2D eigenvalue weighted by Crippen LogP contribution is -2.24. The Balaban J connectivity index is 2.62. The molecule has 0 radical (unpaired) electrons. The second-order valence-corrected chi connectivity index (χ2v) is 3.14. The van der Waals surface area contributed by atoms with Crippen molar-refractivity contribution in [3.63, 3.8) is 0 Å². The number of aromatic nitrogens is 1. The molecule has 3 N–H and O–H groups in total. The molecular weight excluding hydrogens is 257 g/mol. The lowest BCUT2D eigenvalue weighted by molar-refractivity contribution is -0.274. The van der Waals surface area contributed by atoms with Crippen LogP contribution in [0.15, 0.2) is 23.4 Å². The van der Waals surface area contributed by atoms with E-state index in [1.54, 1.807) is 0 Å². The first-order valence-electron chi connectivity index (χ1n) is 4.17. The smallest absolute Gasteiger partial charge is 0.404 e. The van der Waals surface area contributed by atoms with Gasteiger partial charge in [-0.1, -0.05) is 0 Å². The zero-order chi connectivity index (χ0) is 12.9.